The van der Waals surface area contributed by atoms with Crippen LogP contribution in [-0.2, 0) is 12.8 Å². The summed E-state index contributed by atoms with van der Waals surface area (Å²) in [5.41, 5.74) is 4.50. The molecular weight excluding hydrogens is 250 g/mol. The van der Waals surface area contributed by atoms with E-state index in [0.29, 0.717) is 0 Å². The molecular formula is C16H23N3O. The third-order valence-electron chi connectivity index (χ3n) is 3.40. The van der Waals surface area contributed by atoms with Crippen LogP contribution in [0.3, 0.4) is 0 Å². The van der Waals surface area contributed by atoms with Crippen molar-refractivity contribution < 1.29 is 4.42 Å². The van der Waals surface area contributed by atoms with E-state index >= 15 is 0 Å². The summed E-state index contributed by atoms with van der Waals surface area (Å²) in [6, 6.07) is 4.43. The van der Waals surface area contributed by atoms with Gasteiger partial charge in [0.2, 0.25) is 0 Å². The second-order valence-electron chi connectivity index (χ2n) is 5.08. The Balaban J connectivity index is 2.27. The molecule has 4 nitrogen and oxygen atoms in total. The standard InChI is InChI=1S/C16H23N3O/c1-4-7-17-16(10-13-6-8-20-11-13)14-9-12(3)18-19-15(14)5-2/h6,8-9,11,16-17H,4-5,7,10H2,1-3H3. The summed E-state index contributed by atoms with van der Waals surface area (Å²) in [4.78, 5) is 0. The molecule has 20 heavy (non-hydrogen) atoms. The Kier molecular flexibility index (Phi) is 5.30. The quantitative estimate of drug-likeness (QED) is 0.841. The Morgan fingerprint density at radius 1 is 1.30 bits per heavy atom. The molecule has 2 aromatic heterocycles. The molecule has 0 aliphatic rings. The van der Waals surface area contributed by atoms with E-state index in [-0.39, 0.29) is 6.04 Å². The maximum atomic E-state index is 5.18. The van der Waals surface area contributed by atoms with Gasteiger partial charge in [0.25, 0.3) is 0 Å². The van der Waals surface area contributed by atoms with Gasteiger partial charge in [-0.05, 0) is 56.0 Å². The number of nitrogens with zero attached hydrogens (tertiary/aromatic N) is 2. The number of hydrogen-bond acceptors (Lipinski definition) is 4. The van der Waals surface area contributed by atoms with Gasteiger partial charge >= 0.3 is 0 Å². The van der Waals surface area contributed by atoms with E-state index in [1.807, 2.05) is 19.3 Å². The predicted octanol–water partition coefficient (Wildman–Crippen LogP) is 3.22. The normalized spacial score (nSPS) is 12.6. The molecule has 0 spiro atoms. The number of aryl methyl sites for hydroxylation is 2. The number of nitrogens with one attached hydrogen (secondary N) is 1. The summed E-state index contributed by atoms with van der Waals surface area (Å²) in [7, 11) is 0. The smallest absolute Gasteiger partial charge is 0.0935 e. The van der Waals surface area contributed by atoms with Crippen molar-refractivity contribution >= 4 is 0 Å². The van der Waals surface area contributed by atoms with Gasteiger partial charge in [-0.3, -0.25) is 0 Å². The minimum atomic E-state index is 0.261. The minimum absolute atomic E-state index is 0.261. The summed E-state index contributed by atoms with van der Waals surface area (Å²) in [5.74, 6) is 0. The maximum Gasteiger partial charge on any atom is 0.0935 e. The molecule has 2 heterocycles. The number of hydrogen-bond donors (Lipinski definition) is 1. The maximum absolute atomic E-state index is 5.18. The van der Waals surface area contributed by atoms with Gasteiger partial charge in [0.05, 0.1) is 23.9 Å². The first-order chi connectivity index (χ1) is 9.74. The first-order valence-electron chi connectivity index (χ1n) is 7.32. The van der Waals surface area contributed by atoms with Gasteiger partial charge in [-0.2, -0.15) is 10.2 Å². The fourth-order valence-electron chi connectivity index (χ4n) is 2.37. The van der Waals surface area contributed by atoms with Crippen molar-refractivity contribution in [2.75, 3.05) is 6.54 Å². The molecule has 0 amide bonds. The Labute approximate surface area is 120 Å². The van der Waals surface area contributed by atoms with E-state index in [2.05, 4.69) is 35.4 Å². The van der Waals surface area contributed by atoms with Crippen LogP contribution in [0.4, 0.5) is 0 Å². The summed E-state index contributed by atoms with van der Waals surface area (Å²) in [6.07, 6.45) is 6.46. The highest BCUT2D eigenvalue weighted by molar-refractivity contribution is 5.27. The van der Waals surface area contributed by atoms with Crippen molar-refractivity contribution in [2.45, 2.75) is 46.1 Å². The zero-order valence-electron chi connectivity index (χ0n) is 12.5. The minimum Gasteiger partial charge on any atom is -0.472 e. The van der Waals surface area contributed by atoms with E-state index in [1.165, 1.54) is 11.1 Å². The molecule has 0 aromatic carbocycles. The molecule has 0 radical (unpaired) electrons. The van der Waals surface area contributed by atoms with Gasteiger partial charge in [-0.15, -0.1) is 0 Å². The molecule has 4 heteroatoms. The lowest BCUT2D eigenvalue weighted by molar-refractivity contribution is 0.514. The summed E-state index contributed by atoms with van der Waals surface area (Å²) >= 11 is 0. The highest BCUT2D eigenvalue weighted by atomic mass is 16.3. The summed E-state index contributed by atoms with van der Waals surface area (Å²) in [5, 5.41) is 12.1. The van der Waals surface area contributed by atoms with E-state index in [1.54, 1.807) is 6.26 Å². The number of rotatable bonds is 7. The van der Waals surface area contributed by atoms with E-state index in [4.69, 9.17) is 4.42 Å². The number of furan rings is 1. The Morgan fingerprint density at radius 2 is 2.15 bits per heavy atom. The first-order valence-corrected chi connectivity index (χ1v) is 7.32. The highest BCUT2D eigenvalue weighted by Crippen LogP contribution is 2.22. The van der Waals surface area contributed by atoms with Crippen LogP contribution in [-0.4, -0.2) is 16.7 Å². The van der Waals surface area contributed by atoms with Gasteiger partial charge in [0.15, 0.2) is 0 Å². The van der Waals surface area contributed by atoms with Gasteiger partial charge < -0.3 is 9.73 Å². The van der Waals surface area contributed by atoms with Crippen LogP contribution in [0.15, 0.2) is 29.1 Å². The van der Waals surface area contributed by atoms with Crippen LogP contribution >= 0.6 is 0 Å². The lowest BCUT2D eigenvalue weighted by Gasteiger charge is -2.20. The SMILES string of the molecule is CCCNC(Cc1ccoc1)c1cc(C)nnc1CC. The lowest BCUT2D eigenvalue weighted by Crippen LogP contribution is -2.25. The zero-order chi connectivity index (χ0) is 14.4. The van der Waals surface area contributed by atoms with Crippen molar-refractivity contribution in [1.29, 1.82) is 0 Å². The fourth-order valence-corrected chi connectivity index (χ4v) is 2.37. The second-order valence-corrected chi connectivity index (χ2v) is 5.08. The molecule has 0 aliphatic heterocycles. The Hall–Kier alpha value is -1.68. The van der Waals surface area contributed by atoms with E-state index in [9.17, 15) is 0 Å². The summed E-state index contributed by atoms with van der Waals surface area (Å²) < 4.78 is 5.18. The molecule has 2 aromatic rings. The van der Waals surface area contributed by atoms with Crippen molar-refractivity contribution in [2.24, 2.45) is 0 Å². The molecule has 1 N–H and O–H groups in total. The first kappa shape index (κ1) is 14.7. The largest absolute Gasteiger partial charge is 0.472 e. The Morgan fingerprint density at radius 3 is 2.80 bits per heavy atom. The van der Waals surface area contributed by atoms with Gasteiger partial charge in [0, 0.05) is 6.04 Å². The molecule has 2 rings (SSSR count). The van der Waals surface area contributed by atoms with E-state index < -0.39 is 0 Å². The summed E-state index contributed by atoms with van der Waals surface area (Å²) in [6.45, 7) is 7.29. The van der Waals surface area contributed by atoms with Crippen molar-refractivity contribution in [3.8, 4) is 0 Å². The van der Waals surface area contributed by atoms with E-state index in [0.717, 1.165) is 37.2 Å². The fraction of sp³-hybridized carbons (Fsp3) is 0.500. The average molecular weight is 273 g/mol. The third kappa shape index (κ3) is 3.67. The highest BCUT2D eigenvalue weighted by Gasteiger charge is 2.17. The van der Waals surface area contributed by atoms with Crippen molar-refractivity contribution in [3.63, 3.8) is 0 Å². The molecule has 1 atom stereocenters. The van der Waals surface area contributed by atoms with Crippen LogP contribution in [0, 0.1) is 6.92 Å². The molecule has 1 unspecified atom stereocenters. The predicted molar refractivity (Wildman–Crippen MR) is 79.6 cm³/mol. The third-order valence-corrected chi connectivity index (χ3v) is 3.40. The monoisotopic (exact) mass is 273 g/mol. The van der Waals surface area contributed by atoms with Gasteiger partial charge in [-0.25, -0.2) is 0 Å². The molecule has 0 aliphatic carbocycles. The molecule has 0 saturated carbocycles. The van der Waals surface area contributed by atoms with Crippen LogP contribution in [0.25, 0.3) is 0 Å². The lowest BCUT2D eigenvalue weighted by atomic mass is 9.97. The Bertz CT molecular complexity index is 523. The number of aromatic nitrogens is 2. The molecule has 0 fully saturated rings. The molecule has 108 valence electrons. The van der Waals surface area contributed by atoms with Gasteiger partial charge in [0.1, 0.15) is 0 Å². The zero-order valence-corrected chi connectivity index (χ0v) is 12.5. The van der Waals surface area contributed by atoms with Crippen LogP contribution in [0.1, 0.15) is 48.8 Å². The second kappa shape index (κ2) is 7.20. The molecule has 0 bridgehead atoms. The van der Waals surface area contributed by atoms with Gasteiger partial charge in [-0.1, -0.05) is 13.8 Å². The van der Waals surface area contributed by atoms with Crippen LogP contribution < -0.4 is 5.32 Å². The van der Waals surface area contributed by atoms with Crippen LogP contribution in [0.5, 0.6) is 0 Å². The van der Waals surface area contributed by atoms with Crippen molar-refractivity contribution in [3.05, 3.63) is 47.2 Å². The topological polar surface area (TPSA) is 51.0 Å². The van der Waals surface area contributed by atoms with Crippen LogP contribution in [0.2, 0.25) is 0 Å². The van der Waals surface area contributed by atoms with Crippen molar-refractivity contribution in [1.82, 2.24) is 15.5 Å². The molecule has 0 saturated heterocycles. The average Bonchev–Trinajstić information content (AvgIpc) is 2.96.